The first-order valence-corrected chi connectivity index (χ1v) is 7.12. The maximum atomic E-state index is 12.8. The van der Waals surface area contributed by atoms with Gasteiger partial charge in [0.1, 0.15) is 0 Å². The maximum Gasteiger partial charge on any atom is 0.416 e. The van der Waals surface area contributed by atoms with Crippen molar-refractivity contribution in [3.05, 3.63) is 46.8 Å². The third-order valence-corrected chi connectivity index (χ3v) is 3.40. The number of alkyl halides is 3. The van der Waals surface area contributed by atoms with E-state index in [1.165, 1.54) is 30.7 Å². The van der Waals surface area contributed by atoms with Crippen molar-refractivity contribution in [2.24, 2.45) is 0 Å². The van der Waals surface area contributed by atoms with Gasteiger partial charge in [0.15, 0.2) is 0 Å². The zero-order valence-corrected chi connectivity index (χ0v) is 13.3. The van der Waals surface area contributed by atoms with Gasteiger partial charge in [0, 0.05) is 0 Å². The van der Waals surface area contributed by atoms with Gasteiger partial charge in [-0.15, -0.1) is 0 Å². The molecular weight excluding hydrogens is 325 g/mol. The predicted octanol–water partition coefficient (Wildman–Crippen LogP) is 3.25. The Bertz CT molecular complexity index is 794. The molecule has 128 valence electrons. The summed E-state index contributed by atoms with van der Waals surface area (Å²) in [5.41, 5.74) is -0.141. The van der Waals surface area contributed by atoms with Crippen LogP contribution >= 0.6 is 0 Å². The molecule has 0 spiro atoms. The normalized spacial score (nSPS) is 11.4. The summed E-state index contributed by atoms with van der Waals surface area (Å²) in [6.45, 7) is 4.62. The van der Waals surface area contributed by atoms with Crippen molar-refractivity contribution >= 4 is 11.8 Å². The first-order chi connectivity index (χ1) is 11.2. The summed E-state index contributed by atoms with van der Waals surface area (Å²) in [7, 11) is 0. The van der Waals surface area contributed by atoms with E-state index in [0.717, 1.165) is 12.1 Å². The van der Waals surface area contributed by atoms with Crippen LogP contribution in [-0.2, 0) is 15.7 Å². The van der Waals surface area contributed by atoms with E-state index in [1.807, 2.05) is 0 Å². The lowest BCUT2D eigenvalue weighted by molar-refractivity contribution is -0.138. The van der Waals surface area contributed by atoms with Gasteiger partial charge in [-0.1, -0.05) is 6.07 Å². The van der Waals surface area contributed by atoms with E-state index in [-0.39, 0.29) is 29.2 Å². The van der Waals surface area contributed by atoms with Crippen LogP contribution in [0.15, 0.2) is 24.3 Å². The Morgan fingerprint density at radius 3 is 2.50 bits per heavy atom. The summed E-state index contributed by atoms with van der Waals surface area (Å²) in [5, 5.41) is 4.09. The molecule has 0 aliphatic rings. The number of nitrogens with zero attached hydrogens (tertiary/aromatic N) is 2. The Balaban J connectivity index is 2.50. The molecule has 2 aromatic rings. The number of rotatable bonds is 4. The molecule has 0 unspecified atom stereocenters. The minimum absolute atomic E-state index is 0.0332. The summed E-state index contributed by atoms with van der Waals surface area (Å²) in [6, 6.07) is 4.56. The number of carbonyl (C=O) groups is 2. The fourth-order valence-corrected chi connectivity index (χ4v) is 2.34. The largest absolute Gasteiger partial charge is 0.460 e. The minimum Gasteiger partial charge on any atom is -0.460 e. The van der Waals surface area contributed by atoms with Crippen molar-refractivity contribution in [1.82, 2.24) is 9.78 Å². The second-order valence-corrected chi connectivity index (χ2v) is 5.06. The van der Waals surface area contributed by atoms with E-state index < -0.39 is 23.5 Å². The summed E-state index contributed by atoms with van der Waals surface area (Å²) in [5.74, 6) is -1.89. The first kappa shape index (κ1) is 17.7. The van der Waals surface area contributed by atoms with Crippen molar-refractivity contribution in [1.29, 1.82) is 0 Å². The van der Waals surface area contributed by atoms with Crippen molar-refractivity contribution in [3.8, 4) is 5.69 Å². The summed E-state index contributed by atoms with van der Waals surface area (Å²) < 4.78 is 44.4. The number of carbonyl (C=O) groups excluding carboxylic acids is 2. The predicted molar refractivity (Wildman–Crippen MR) is 79.0 cm³/mol. The molecule has 0 radical (unpaired) electrons. The average molecular weight is 340 g/mol. The van der Waals surface area contributed by atoms with E-state index in [4.69, 9.17) is 0 Å². The van der Waals surface area contributed by atoms with E-state index in [9.17, 15) is 22.8 Å². The number of ether oxygens (including phenoxy) is 1. The molecule has 5 nitrogen and oxygen atoms in total. The van der Waals surface area contributed by atoms with Gasteiger partial charge in [-0.2, -0.15) is 18.3 Å². The molecule has 0 amide bonds. The monoisotopic (exact) mass is 340 g/mol. The molecule has 0 saturated carbocycles. The van der Waals surface area contributed by atoms with Crippen molar-refractivity contribution in [3.63, 3.8) is 0 Å². The second-order valence-electron chi connectivity index (χ2n) is 5.06. The number of ketones is 1. The Hall–Kier alpha value is -2.64. The number of aryl methyl sites for hydroxylation is 1. The third-order valence-electron chi connectivity index (χ3n) is 3.40. The minimum atomic E-state index is -4.49. The molecule has 0 atom stereocenters. The molecule has 1 heterocycles. The van der Waals surface area contributed by atoms with Gasteiger partial charge in [0.2, 0.25) is 0 Å². The van der Waals surface area contributed by atoms with Crippen LogP contribution in [0.25, 0.3) is 5.69 Å². The van der Waals surface area contributed by atoms with Crippen molar-refractivity contribution in [2.45, 2.75) is 26.9 Å². The van der Waals surface area contributed by atoms with Gasteiger partial charge in [-0.05, 0) is 39.0 Å². The Labute approximate surface area is 136 Å². The van der Waals surface area contributed by atoms with Gasteiger partial charge in [-0.25, -0.2) is 9.48 Å². The zero-order valence-electron chi connectivity index (χ0n) is 13.3. The molecule has 0 saturated heterocycles. The van der Waals surface area contributed by atoms with Gasteiger partial charge in [0.25, 0.3) is 5.78 Å². The lowest BCUT2D eigenvalue weighted by atomic mass is 10.1. The molecule has 0 bridgehead atoms. The fraction of sp³-hybridized carbons (Fsp3) is 0.312. The highest BCUT2D eigenvalue weighted by Gasteiger charge is 2.31. The summed E-state index contributed by atoms with van der Waals surface area (Å²) >= 11 is 0. The van der Waals surface area contributed by atoms with Gasteiger partial charge >= 0.3 is 12.1 Å². The number of hydrogen-bond acceptors (Lipinski definition) is 4. The van der Waals surface area contributed by atoms with Crippen LogP contribution in [0, 0.1) is 13.8 Å². The molecule has 0 N–H and O–H groups in total. The van der Waals surface area contributed by atoms with Gasteiger partial charge in [-0.3, -0.25) is 4.79 Å². The molecule has 0 aliphatic carbocycles. The molecule has 24 heavy (non-hydrogen) atoms. The molecule has 2 rings (SSSR count). The number of halogens is 3. The lowest BCUT2D eigenvalue weighted by Crippen LogP contribution is -2.19. The summed E-state index contributed by atoms with van der Waals surface area (Å²) in [4.78, 5) is 23.8. The average Bonchev–Trinajstić information content (AvgIpc) is 2.81. The molecule has 1 aromatic heterocycles. The number of hydrogen-bond donors (Lipinski definition) is 0. The summed E-state index contributed by atoms with van der Waals surface area (Å²) in [6.07, 6.45) is -4.49. The standard InChI is InChI=1S/C16H15F3N2O3/c1-4-24-15(23)14(22)13-9(2)20-21(10(13)3)12-7-5-6-11(8-12)16(17,18)19/h5-8H,4H2,1-3H3. The SMILES string of the molecule is CCOC(=O)C(=O)c1c(C)nn(-c2cccc(C(F)(F)F)c2)c1C. The van der Waals surface area contributed by atoms with Crippen LogP contribution in [0.1, 0.15) is 34.2 Å². The fourth-order valence-electron chi connectivity index (χ4n) is 2.34. The van der Waals surface area contributed by atoms with Crippen molar-refractivity contribution in [2.75, 3.05) is 6.61 Å². The maximum absolute atomic E-state index is 12.8. The van der Waals surface area contributed by atoms with Crippen LogP contribution in [-0.4, -0.2) is 28.1 Å². The van der Waals surface area contributed by atoms with Gasteiger partial charge in [0.05, 0.1) is 34.8 Å². The Morgan fingerprint density at radius 2 is 1.92 bits per heavy atom. The quantitative estimate of drug-likeness (QED) is 0.487. The highest BCUT2D eigenvalue weighted by atomic mass is 19.4. The molecule has 0 fully saturated rings. The number of Topliss-reactive ketones (excluding diaryl/α,β-unsaturated/α-hetero) is 1. The van der Waals surface area contributed by atoms with Crippen LogP contribution in [0.3, 0.4) is 0 Å². The zero-order chi connectivity index (χ0) is 18.1. The number of esters is 1. The Kier molecular flexibility index (Phi) is 4.77. The van der Waals surface area contributed by atoms with Gasteiger partial charge < -0.3 is 4.74 Å². The van der Waals surface area contributed by atoms with Crippen LogP contribution in [0.5, 0.6) is 0 Å². The molecular formula is C16H15F3N2O3. The van der Waals surface area contributed by atoms with E-state index in [1.54, 1.807) is 6.92 Å². The topological polar surface area (TPSA) is 61.2 Å². The third kappa shape index (κ3) is 3.32. The first-order valence-electron chi connectivity index (χ1n) is 7.12. The number of benzene rings is 1. The molecule has 8 heteroatoms. The smallest absolute Gasteiger partial charge is 0.416 e. The second kappa shape index (κ2) is 6.46. The van der Waals surface area contributed by atoms with E-state index >= 15 is 0 Å². The van der Waals surface area contributed by atoms with E-state index in [0.29, 0.717) is 0 Å². The lowest BCUT2D eigenvalue weighted by Gasteiger charge is -2.10. The molecule has 0 aliphatic heterocycles. The Morgan fingerprint density at radius 1 is 1.25 bits per heavy atom. The highest BCUT2D eigenvalue weighted by Crippen LogP contribution is 2.30. The van der Waals surface area contributed by atoms with Crippen LogP contribution in [0.2, 0.25) is 0 Å². The van der Waals surface area contributed by atoms with Crippen LogP contribution in [0.4, 0.5) is 13.2 Å². The molecule has 1 aromatic carbocycles. The van der Waals surface area contributed by atoms with Crippen molar-refractivity contribution < 1.29 is 27.5 Å². The highest BCUT2D eigenvalue weighted by molar-refractivity contribution is 6.41. The number of aromatic nitrogens is 2. The van der Waals surface area contributed by atoms with E-state index in [2.05, 4.69) is 9.84 Å². The van der Waals surface area contributed by atoms with Crippen LogP contribution < -0.4 is 0 Å².